The molecule has 1 aromatic rings. The van der Waals surface area contributed by atoms with Crippen molar-refractivity contribution in [2.24, 2.45) is 11.8 Å². The number of likely N-dealkylation sites (tertiary alicyclic amines) is 1. The summed E-state index contributed by atoms with van der Waals surface area (Å²) in [5.74, 6) is 1.12. The highest BCUT2D eigenvalue weighted by atomic mass is 16.5. The summed E-state index contributed by atoms with van der Waals surface area (Å²) in [5.41, 5.74) is 0.442. The second-order valence-electron chi connectivity index (χ2n) is 7.86. The highest BCUT2D eigenvalue weighted by Crippen LogP contribution is 2.41. The summed E-state index contributed by atoms with van der Waals surface area (Å²) in [6.45, 7) is 7.05. The number of hydrogen-bond donors (Lipinski definition) is 1. The van der Waals surface area contributed by atoms with Crippen LogP contribution in [0, 0.1) is 11.8 Å². The van der Waals surface area contributed by atoms with Crippen molar-refractivity contribution in [3.63, 3.8) is 0 Å². The van der Waals surface area contributed by atoms with Gasteiger partial charge in [-0.3, -0.25) is 14.6 Å². The van der Waals surface area contributed by atoms with E-state index in [4.69, 9.17) is 4.74 Å². The summed E-state index contributed by atoms with van der Waals surface area (Å²) >= 11 is 0. The predicted octanol–water partition coefficient (Wildman–Crippen LogP) is 2.26. The third-order valence-corrected chi connectivity index (χ3v) is 5.53. The van der Waals surface area contributed by atoms with E-state index in [0.29, 0.717) is 43.5 Å². The first-order valence-corrected chi connectivity index (χ1v) is 9.60. The monoisotopic (exact) mass is 359 g/mol. The molecule has 0 bridgehead atoms. The van der Waals surface area contributed by atoms with Crippen LogP contribution >= 0.6 is 0 Å². The fourth-order valence-corrected chi connectivity index (χ4v) is 3.85. The standard InChI is InChI=1S/C20H29N3O3/c1-15(2)3-4-18(24)23-13-20(14-23)17(8-12-26-20)7-11-22-19(25)16-5-9-21-10-6-16/h5-6,9-10,15,17H,3-4,7-8,11-14H2,1-2H3,(H,22,25)/t17-/m0/s1. The van der Waals surface area contributed by atoms with Crippen LogP contribution in [-0.4, -0.2) is 53.5 Å². The van der Waals surface area contributed by atoms with Crippen LogP contribution in [0.5, 0.6) is 0 Å². The van der Waals surface area contributed by atoms with Gasteiger partial charge in [0.15, 0.2) is 0 Å². The predicted molar refractivity (Wildman–Crippen MR) is 98.6 cm³/mol. The number of hydrogen-bond acceptors (Lipinski definition) is 4. The van der Waals surface area contributed by atoms with E-state index >= 15 is 0 Å². The number of aromatic nitrogens is 1. The maximum atomic E-state index is 12.2. The molecule has 6 nitrogen and oxygen atoms in total. The lowest BCUT2D eigenvalue weighted by molar-refractivity contribution is -0.165. The molecule has 1 N–H and O–H groups in total. The largest absolute Gasteiger partial charge is 0.371 e. The molecule has 2 aliphatic rings. The van der Waals surface area contributed by atoms with Crippen LogP contribution in [0.15, 0.2) is 24.5 Å². The summed E-state index contributed by atoms with van der Waals surface area (Å²) in [4.78, 5) is 30.2. The molecule has 3 rings (SSSR count). The van der Waals surface area contributed by atoms with Gasteiger partial charge in [-0.15, -0.1) is 0 Å². The number of ether oxygens (including phenoxy) is 1. The first-order chi connectivity index (χ1) is 12.5. The molecule has 1 spiro atoms. The minimum atomic E-state index is -0.186. The molecule has 2 saturated heterocycles. The Labute approximate surface area is 155 Å². The van der Waals surface area contributed by atoms with Crippen molar-refractivity contribution in [3.8, 4) is 0 Å². The molecule has 2 amide bonds. The topological polar surface area (TPSA) is 71.5 Å². The normalized spacial score (nSPS) is 21.0. The van der Waals surface area contributed by atoms with Crippen LogP contribution in [0.2, 0.25) is 0 Å². The molecule has 0 aromatic carbocycles. The van der Waals surface area contributed by atoms with E-state index in [-0.39, 0.29) is 17.4 Å². The number of nitrogens with one attached hydrogen (secondary N) is 1. The molecular weight excluding hydrogens is 330 g/mol. The highest BCUT2D eigenvalue weighted by molar-refractivity contribution is 5.93. The number of carbonyl (C=O) groups is 2. The van der Waals surface area contributed by atoms with Gasteiger partial charge in [0, 0.05) is 37.5 Å². The minimum absolute atomic E-state index is 0.0699. The fraction of sp³-hybridized carbons (Fsp3) is 0.650. The maximum absolute atomic E-state index is 12.2. The molecule has 3 heterocycles. The Balaban J connectivity index is 1.43. The molecule has 1 atom stereocenters. The lowest BCUT2D eigenvalue weighted by Gasteiger charge is -2.50. The summed E-state index contributed by atoms with van der Waals surface area (Å²) < 4.78 is 6.02. The zero-order valence-electron chi connectivity index (χ0n) is 15.7. The Morgan fingerprint density at radius 3 is 2.77 bits per heavy atom. The smallest absolute Gasteiger partial charge is 0.251 e. The SMILES string of the molecule is CC(C)CCC(=O)N1CC2(C1)OCC[C@@H]2CCNC(=O)c1ccncc1. The number of nitrogens with zero attached hydrogens (tertiary/aromatic N) is 2. The van der Waals surface area contributed by atoms with Crippen molar-refractivity contribution in [3.05, 3.63) is 30.1 Å². The summed E-state index contributed by atoms with van der Waals surface area (Å²) in [7, 11) is 0. The molecule has 142 valence electrons. The van der Waals surface area contributed by atoms with E-state index in [1.165, 1.54) is 0 Å². The lowest BCUT2D eigenvalue weighted by atomic mass is 9.78. The van der Waals surface area contributed by atoms with Gasteiger partial charge in [0.2, 0.25) is 5.91 Å². The Morgan fingerprint density at radius 2 is 2.08 bits per heavy atom. The first-order valence-electron chi connectivity index (χ1n) is 9.60. The summed E-state index contributed by atoms with van der Waals surface area (Å²) in [6.07, 6.45) is 6.68. The highest BCUT2D eigenvalue weighted by Gasteiger charge is 2.53. The van der Waals surface area contributed by atoms with Gasteiger partial charge in [-0.05, 0) is 43.2 Å². The zero-order valence-corrected chi connectivity index (χ0v) is 15.7. The lowest BCUT2D eigenvalue weighted by Crippen LogP contribution is -2.66. The number of carbonyl (C=O) groups excluding carboxylic acids is 2. The average Bonchev–Trinajstić information content (AvgIpc) is 3.03. The van der Waals surface area contributed by atoms with E-state index in [0.717, 1.165) is 25.9 Å². The fourth-order valence-electron chi connectivity index (χ4n) is 3.85. The van der Waals surface area contributed by atoms with Crippen LogP contribution in [0.1, 0.15) is 49.9 Å². The maximum Gasteiger partial charge on any atom is 0.251 e. The Morgan fingerprint density at radius 1 is 1.35 bits per heavy atom. The van der Waals surface area contributed by atoms with Crippen molar-refractivity contribution in [1.29, 1.82) is 0 Å². The van der Waals surface area contributed by atoms with E-state index in [1.807, 2.05) is 4.90 Å². The van der Waals surface area contributed by atoms with Gasteiger partial charge >= 0.3 is 0 Å². The van der Waals surface area contributed by atoms with Crippen LogP contribution in [0.25, 0.3) is 0 Å². The number of amides is 2. The van der Waals surface area contributed by atoms with Crippen LogP contribution in [-0.2, 0) is 9.53 Å². The van der Waals surface area contributed by atoms with Crippen molar-refractivity contribution >= 4 is 11.8 Å². The molecule has 0 unspecified atom stereocenters. The molecule has 2 fully saturated rings. The van der Waals surface area contributed by atoms with E-state index < -0.39 is 0 Å². The van der Waals surface area contributed by atoms with Crippen LogP contribution < -0.4 is 5.32 Å². The molecule has 6 heteroatoms. The average molecular weight is 359 g/mol. The Bertz CT molecular complexity index is 626. The van der Waals surface area contributed by atoms with Gasteiger partial charge in [0.25, 0.3) is 5.91 Å². The van der Waals surface area contributed by atoms with Crippen molar-refractivity contribution in [1.82, 2.24) is 15.2 Å². The van der Waals surface area contributed by atoms with Gasteiger partial charge < -0.3 is 15.0 Å². The third kappa shape index (κ3) is 4.23. The third-order valence-electron chi connectivity index (χ3n) is 5.53. The quantitative estimate of drug-likeness (QED) is 0.811. The zero-order chi connectivity index (χ0) is 18.6. The van der Waals surface area contributed by atoms with Crippen molar-refractivity contribution in [2.75, 3.05) is 26.2 Å². The van der Waals surface area contributed by atoms with Gasteiger partial charge in [-0.2, -0.15) is 0 Å². The van der Waals surface area contributed by atoms with E-state index in [1.54, 1.807) is 24.5 Å². The van der Waals surface area contributed by atoms with Crippen molar-refractivity contribution in [2.45, 2.75) is 45.1 Å². The molecule has 1 aromatic heterocycles. The summed E-state index contributed by atoms with van der Waals surface area (Å²) in [6, 6.07) is 3.42. The Kier molecular flexibility index (Phi) is 5.91. The van der Waals surface area contributed by atoms with Gasteiger partial charge in [0.05, 0.1) is 13.1 Å². The molecular formula is C20H29N3O3. The minimum Gasteiger partial charge on any atom is -0.371 e. The Hall–Kier alpha value is -1.95. The van der Waals surface area contributed by atoms with Gasteiger partial charge in [-0.1, -0.05) is 13.8 Å². The van der Waals surface area contributed by atoms with Crippen LogP contribution in [0.3, 0.4) is 0 Å². The van der Waals surface area contributed by atoms with Gasteiger partial charge in [0.1, 0.15) is 5.60 Å². The molecule has 0 aliphatic carbocycles. The second kappa shape index (κ2) is 8.16. The second-order valence-corrected chi connectivity index (χ2v) is 7.86. The molecule has 0 saturated carbocycles. The molecule has 26 heavy (non-hydrogen) atoms. The number of rotatable bonds is 7. The van der Waals surface area contributed by atoms with Crippen LogP contribution in [0.4, 0.5) is 0 Å². The van der Waals surface area contributed by atoms with E-state index in [2.05, 4.69) is 24.1 Å². The summed E-state index contributed by atoms with van der Waals surface area (Å²) in [5, 5.41) is 2.98. The first kappa shape index (κ1) is 18.8. The molecule has 0 radical (unpaired) electrons. The molecule has 2 aliphatic heterocycles. The van der Waals surface area contributed by atoms with Crippen molar-refractivity contribution < 1.29 is 14.3 Å². The van der Waals surface area contributed by atoms with E-state index in [9.17, 15) is 9.59 Å². The number of pyridine rings is 1. The van der Waals surface area contributed by atoms with Gasteiger partial charge in [-0.25, -0.2) is 0 Å².